The number of likely N-dealkylation sites (tertiary alicyclic amines) is 1. The van der Waals surface area contributed by atoms with Crippen molar-refractivity contribution >= 4 is 28.8 Å². The zero-order valence-corrected chi connectivity index (χ0v) is 18.7. The number of rotatable bonds is 7. The van der Waals surface area contributed by atoms with Gasteiger partial charge in [-0.1, -0.05) is 24.3 Å². The van der Waals surface area contributed by atoms with E-state index >= 15 is 0 Å². The topological polar surface area (TPSA) is 80.4 Å². The third-order valence-electron chi connectivity index (χ3n) is 6.04. The van der Waals surface area contributed by atoms with Gasteiger partial charge in [0, 0.05) is 28.5 Å². The fourth-order valence-electron chi connectivity index (χ4n) is 4.36. The monoisotopic (exact) mass is 436 g/mol. The number of nitrogens with two attached hydrogens (primary N) is 1. The first-order chi connectivity index (χ1) is 14.9. The molecule has 31 heavy (non-hydrogen) atoms. The lowest BCUT2D eigenvalue weighted by molar-refractivity contribution is -0.122. The van der Waals surface area contributed by atoms with Crippen LogP contribution in [0.4, 0.5) is 5.69 Å². The van der Waals surface area contributed by atoms with E-state index in [2.05, 4.69) is 26.2 Å². The number of nitrogens with one attached hydrogen (secondary N) is 1. The summed E-state index contributed by atoms with van der Waals surface area (Å²) < 4.78 is 2.17. The van der Waals surface area contributed by atoms with Crippen molar-refractivity contribution in [1.29, 1.82) is 0 Å². The Labute approximate surface area is 186 Å². The number of benzene rings is 1. The first kappa shape index (κ1) is 21.3. The number of primary amides is 1. The number of anilines is 1. The van der Waals surface area contributed by atoms with Crippen molar-refractivity contribution in [2.24, 2.45) is 5.73 Å². The molecule has 3 aromatic rings. The van der Waals surface area contributed by atoms with Gasteiger partial charge in [0.1, 0.15) is 0 Å². The summed E-state index contributed by atoms with van der Waals surface area (Å²) in [5.74, 6) is -0.400. The molecule has 3 heterocycles. The fourth-order valence-corrected chi connectivity index (χ4v) is 5.05. The number of amides is 2. The highest BCUT2D eigenvalue weighted by Crippen LogP contribution is 2.25. The number of aromatic nitrogens is 1. The molecule has 4 rings (SSSR count). The average Bonchev–Trinajstić information content (AvgIpc) is 3.47. The van der Waals surface area contributed by atoms with Gasteiger partial charge in [-0.2, -0.15) is 0 Å². The van der Waals surface area contributed by atoms with Crippen molar-refractivity contribution < 1.29 is 9.59 Å². The van der Waals surface area contributed by atoms with Gasteiger partial charge in [-0.15, -0.1) is 11.3 Å². The number of carbonyl (C=O) groups is 2. The number of hydrogen-bond donors (Lipinski definition) is 2. The number of thiophene rings is 1. The van der Waals surface area contributed by atoms with E-state index in [4.69, 9.17) is 5.73 Å². The van der Waals surface area contributed by atoms with Gasteiger partial charge < -0.3 is 15.6 Å². The van der Waals surface area contributed by atoms with Gasteiger partial charge >= 0.3 is 0 Å². The number of aryl methyl sites for hydroxylation is 1. The van der Waals surface area contributed by atoms with Gasteiger partial charge in [0.15, 0.2) is 0 Å². The minimum Gasteiger partial charge on any atom is -0.368 e. The van der Waals surface area contributed by atoms with Crippen LogP contribution in [0.3, 0.4) is 0 Å². The van der Waals surface area contributed by atoms with E-state index in [9.17, 15) is 9.59 Å². The fraction of sp³-hybridized carbons (Fsp3) is 0.333. The van der Waals surface area contributed by atoms with E-state index in [-0.39, 0.29) is 17.9 Å². The molecule has 1 aliphatic heterocycles. The number of para-hydroxylation sites is 1. The van der Waals surface area contributed by atoms with E-state index in [1.807, 2.05) is 50.2 Å². The lowest BCUT2D eigenvalue weighted by Gasteiger charge is -2.23. The van der Waals surface area contributed by atoms with E-state index in [1.54, 1.807) is 11.3 Å². The van der Waals surface area contributed by atoms with E-state index < -0.39 is 0 Å². The average molecular weight is 437 g/mol. The molecule has 162 valence electrons. The van der Waals surface area contributed by atoms with Gasteiger partial charge in [0.2, 0.25) is 5.91 Å². The second-order valence-corrected chi connectivity index (χ2v) is 9.12. The molecule has 0 radical (unpaired) electrons. The van der Waals surface area contributed by atoms with Gasteiger partial charge in [0.25, 0.3) is 5.91 Å². The standard InChI is InChI=1S/C24H28N4O2S/c1-16-13-20(17(2)28(16)15-19-8-6-12-31-19)24(30)26-21-9-4-3-7-18(21)14-27-11-5-10-22(27)23(25)29/h3-4,6-9,12-13,22H,5,10-11,14-15H2,1-2H3,(H2,25,29)(H,26,30). The molecule has 0 bridgehead atoms. The number of nitrogens with zero attached hydrogens (tertiary/aromatic N) is 2. The van der Waals surface area contributed by atoms with Crippen LogP contribution in [0.2, 0.25) is 0 Å². The molecule has 2 aromatic heterocycles. The van der Waals surface area contributed by atoms with Gasteiger partial charge in [-0.05, 0) is 62.4 Å². The molecule has 6 nitrogen and oxygen atoms in total. The maximum atomic E-state index is 13.2. The van der Waals surface area contributed by atoms with Crippen LogP contribution in [0.25, 0.3) is 0 Å². The molecule has 1 atom stereocenters. The Hall–Kier alpha value is -2.90. The Bertz CT molecular complexity index is 1090. The molecule has 0 spiro atoms. The van der Waals surface area contributed by atoms with Gasteiger partial charge in [-0.3, -0.25) is 14.5 Å². The highest BCUT2D eigenvalue weighted by molar-refractivity contribution is 7.09. The highest BCUT2D eigenvalue weighted by Gasteiger charge is 2.29. The first-order valence-corrected chi connectivity index (χ1v) is 11.4. The Morgan fingerprint density at radius 2 is 1.97 bits per heavy atom. The molecule has 0 aliphatic carbocycles. The molecule has 1 fully saturated rings. The first-order valence-electron chi connectivity index (χ1n) is 10.6. The minimum atomic E-state index is -0.280. The Balaban J connectivity index is 1.53. The number of carbonyl (C=O) groups excluding carboxylic acids is 2. The number of hydrogen-bond acceptors (Lipinski definition) is 4. The van der Waals surface area contributed by atoms with Crippen LogP contribution < -0.4 is 11.1 Å². The van der Waals surface area contributed by atoms with Crippen LogP contribution in [0.1, 0.15) is 45.0 Å². The van der Waals surface area contributed by atoms with Crippen LogP contribution in [0.15, 0.2) is 47.8 Å². The zero-order valence-electron chi connectivity index (χ0n) is 17.9. The summed E-state index contributed by atoms with van der Waals surface area (Å²) in [7, 11) is 0. The summed E-state index contributed by atoms with van der Waals surface area (Å²) in [4.78, 5) is 28.3. The van der Waals surface area contributed by atoms with Crippen molar-refractivity contribution in [2.75, 3.05) is 11.9 Å². The SMILES string of the molecule is Cc1cc(C(=O)Nc2ccccc2CN2CCCC2C(N)=O)c(C)n1Cc1cccs1. The van der Waals surface area contributed by atoms with Crippen LogP contribution in [0.5, 0.6) is 0 Å². The van der Waals surface area contributed by atoms with Crippen LogP contribution in [-0.4, -0.2) is 33.9 Å². The molecule has 2 amide bonds. The summed E-state index contributed by atoms with van der Waals surface area (Å²) in [6.07, 6.45) is 1.75. The van der Waals surface area contributed by atoms with Crippen LogP contribution in [0, 0.1) is 13.8 Å². The molecule has 3 N–H and O–H groups in total. The maximum Gasteiger partial charge on any atom is 0.257 e. The zero-order chi connectivity index (χ0) is 22.0. The Morgan fingerprint density at radius 3 is 2.71 bits per heavy atom. The summed E-state index contributed by atoms with van der Waals surface area (Å²) >= 11 is 1.72. The summed E-state index contributed by atoms with van der Waals surface area (Å²) in [5, 5.41) is 5.16. The molecule has 7 heteroatoms. The smallest absolute Gasteiger partial charge is 0.257 e. The predicted molar refractivity (Wildman–Crippen MR) is 124 cm³/mol. The summed E-state index contributed by atoms with van der Waals surface area (Å²) in [5.41, 5.74) is 10.0. The lowest BCUT2D eigenvalue weighted by atomic mass is 10.1. The third kappa shape index (κ3) is 4.57. The maximum absolute atomic E-state index is 13.2. The third-order valence-corrected chi connectivity index (χ3v) is 6.90. The Morgan fingerprint density at radius 1 is 1.16 bits per heavy atom. The van der Waals surface area contributed by atoms with Crippen molar-refractivity contribution in [1.82, 2.24) is 9.47 Å². The Kier molecular flexibility index (Phi) is 6.25. The van der Waals surface area contributed by atoms with Gasteiger partial charge in [0.05, 0.1) is 18.2 Å². The highest BCUT2D eigenvalue weighted by atomic mass is 32.1. The van der Waals surface area contributed by atoms with Crippen molar-refractivity contribution in [3.8, 4) is 0 Å². The van der Waals surface area contributed by atoms with Crippen LogP contribution >= 0.6 is 11.3 Å². The molecule has 1 aliphatic rings. The van der Waals surface area contributed by atoms with E-state index in [0.717, 1.165) is 48.6 Å². The summed E-state index contributed by atoms with van der Waals surface area (Å²) in [6, 6.07) is 13.6. The minimum absolute atomic E-state index is 0.120. The van der Waals surface area contributed by atoms with Crippen LogP contribution in [-0.2, 0) is 17.9 Å². The molecular weight excluding hydrogens is 408 g/mol. The lowest BCUT2D eigenvalue weighted by Crippen LogP contribution is -2.39. The molecule has 1 unspecified atom stereocenters. The molecule has 0 saturated carbocycles. The van der Waals surface area contributed by atoms with E-state index in [0.29, 0.717) is 12.1 Å². The molecule has 1 saturated heterocycles. The second kappa shape index (κ2) is 9.08. The molecular formula is C24H28N4O2S. The quantitative estimate of drug-likeness (QED) is 0.589. The van der Waals surface area contributed by atoms with Crippen molar-refractivity contribution in [2.45, 2.75) is 45.8 Å². The molecule has 1 aromatic carbocycles. The summed E-state index contributed by atoms with van der Waals surface area (Å²) in [6.45, 7) is 6.20. The normalized spacial score (nSPS) is 16.5. The van der Waals surface area contributed by atoms with Crippen molar-refractivity contribution in [3.63, 3.8) is 0 Å². The second-order valence-electron chi connectivity index (χ2n) is 8.09. The van der Waals surface area contributed by atoms with Gasteiger partial charge in [-0.25, -0.2) is 0 Å². The predicted octanol–water partition coefficient (Wildman–Crippen LogP) is 3.92. The van der Waals surface area contributed by atoms with E-state index in [1.165, 1.54) is 4.88 Å². The largest absolute Gasteiger partial charge is 0.368 e. The van der Waals surface area contributed by atoms with Crippen molar-refractivity contribution in [3.05, 3.63) is 75.2 Å².